The van der Waals surface area contributed by atoms with Gasteiger partial charge in [0, 0.05) is 13.1 Å². The second kappa shape index (κ2) is 6.78. The average Bonchev–Trinajstić information content (AvgIpc) is 2.38. The number of urea groups is 1. The highest BCUT2D eigenvalue weighted by atomic mass is 16.4. The Kier molecular flexibility index (Phi) is 5.63. The van der Waals surface area contributed by atoms with Gasteiger partial charge in [0.05, 0.1) is 0 Å². The molecule has 110 valence electrons. The minimum absolute atomic E-state index is 0.277. The summed E-state index contributed by atoms with van der Waals surface area (Å²) in [5, 5.41) is 12.1. The minimum Gasteiger partial charge on any atom is -0.480 e. The molecule has 0 heterocycles. The normalized spacial score (nSPS) is 17.0. The number of aliphatic carboxylic acids is 1. The number of likely N-dealkylation sites (N-methyl/N-ethyl adjacent to an activating group) is 1. The van der Waals surface area contributed by atoms with Gasteiger partial charge in [-0.1, -0.05) is 19.3 Å². The van der Waals surface area contributed by atoms with Crippen molar-refractivity contribution in [2.24, 2.45) is 5.92 Å². The molecule has 0 atom stereocenters. The van der Waals surface area contributed by atoms with E-state index in [0.717, 1.165) is 12.8 Å². The number of hydrogen-bond acceptors (Lipinski definition) is 2. The summed E-state index contributed by atoms with van der Waals surface area (Å²) in [5.41, 5.74) is -1.18. The summed E-state index contributed by atoms with van der Waals surface area (Å²) in [4.78, 5) is 24.7. The zero-order valence-corrected chi connectivity index (χ0v) is 12.2. The molecule has 2 amide bonds. The molecule has 1 rings (SSSR count). The molecule has 1 aliphatic rings. The van der Waals surface area contributed by atoms with Gasteiger partial charge in [0.25, 0.3) is 0 Å². The van der Waals surface area contributed by atoms with E-state index in [-0.39, 0.29) is 6.03 Å². The van der Waals surface area contributed by atoms with Crippen LogP contribution >= 0.6 is 0 Å². The number of carbonyl (C=O) groups is 2. The van der Waals surface area contributed by atoms with Crippen LogP contribution in [-0.2, 0) is 4.79 Å². The largest absolute Gasteiger partial charge is 0.480 e. The second-order valence-corrected chi connectivity index (χ2v) is 5.80. The fraction of sp³-hybridized carbons (Fsp3) is 0.857. The Labute approximate surface area is 115 Å². The lowest BCUT2D eigenvalue weighted by Crippen LogP contribution is -2.56. The standard InChI is InChI=1S/C14H26N2O3/c1-4-16(14(2,3)12(17)18)13(19)15-10-11-8-6-5-7-9-11/h11H,4-10H2,1-3H3,(H,15,19)(H,17,18). The molecule has 0 aromatic rings. The molecule has 0 aromatic heterocycles. The topological polar surface area (TPSA) is 69.6 Å². The van der Waals surface area contributed by atoms with Crippen molar-refractivity contribution in [3.05, 3.63) is 0 Å². The van der Waals surface area contributed by atoms with Crippen LogP contribution in [0.1, 0.15) is 52.9 Å². The maximum Gasteiger partial charge on any atom is 0.329 e. The summed E-state index contributed by atoms with van der Waals surface area (Å²) < 4.78 is 0. The average molecular weight is 270 g/mol. The Morgan fingerprint density at radius 2 is 1.84 bits per heavy atom. The molecular weight excluding hydrogens is 244 g/mol. The van der Waals surface area contributed by atoms with Crippen molar-refractivity contribution in [3.8, 4) is 0 Å². The van der Waals surface area contributed by atoms with Crippen LogP contribution in [0.3, 0.4) is 0 Å². The highest BCUT2D eigenvalue weighted by Crippen LogP contribution is 2.23. The number of carboxylic acid groups (broad SMARTS) is 1. The predicted octanol–water partition coefficient (Wildman–Crippen LogP) is 2.46. The molecule has 0 saturated heterocycles. The van der Waals surface area contributed by atoms with Crippen LogP contribution in [-0.4, -0.2) is 40.6 Å². The van der Waals surface area contributed by atoms with Crippen molar-refractivity contribution in [2.45, 2.75) is 58.4 Å². The predicted molar refractivity (Wildman–Crippen MR) is 74.1 cm³/mol. The monoisotopic (exact) mass is 270 g/mol. The van der Waals surface area contributed by atoms with E-state index in [0.29, 0.717) is 19.0 Å². The Bertz CT molecular complexity index is 323. The van der Waals surface area contributed by atoms with E-state index < -0.39 is 11.5 Å². The molecule has 0 aliphatic heterocycles. The molecule has 1 fully saturated rings. The van der Waals surface area contributed by atoms with Crippen molar-refractivity contribution in [1.29, 1.82) is 0 Å². The van der Waals surface area contributed by atoms with Crippen LogP contribution in [0.2, 0.25) is 0 Å². The molecule has 5 heteroatoms. The van der Waals surface area contributed by atoms with Gasteiger partial charge in [-0.15, -0.1) is 0 Å². The zero-order valence-electron chi connectivity index (χ0n) is 12.2. The van der Waals surface area contributed by atoms with E-state index in [2.05, 4.69) is 5.32 Å². The van der Waals surface area contributed by atoms with Crippen molar-refractivity contribution in [2.75, 3.05) is 13.1 Å². The number of carbonyl (C=O) groups excluding carboxylic acids is 1. The summed E-state index contributed by atoms with van der Waals surface area (Å²) in [5.74, 6) is -0.438. The summed E-state index contributed by atoms with van der Waals surface area (Å²) in [6.07, 6.45) is 6.08. The molecule has 5 nitrogen and oxygen atoms in total. The first kappa shape index (κ1) is 15.8. The summed E-state index contributed by atoms with van der Waals surface area (Å²) in [7, 11) is 0. The fourth-order valence-electron chi connectivity index (χ4n) is 2.63. The molecule has 2 N–H and O–H groups in total. The van der Waals surface area contributed by atoms with Crippen molar-refractivity contribution >= 4 is 12.0 Å². The van der Waals surface area contributed by atoms with Gasteiger partial charge in [-0.25, -0.2) is 9.59 Å². The number of hydrogen-bond donors (Lipinski definition) is 2. The molecule has 0 bridgehead atoms. The van der Waals surface area contributed by atoms with Crippen LogP contribution < -0.4 is 5.32 Å². The number of amides is 2. The van der Waals surface area contributed by atoms with Gasteiger partial charge >= 0.3 is 12.0 Å². The van der Waals surface area contributed by atoms with Crippen LogP contribution in [0.4, 0.5) is 4.79 Å². The van der Waals surface area contributed by atoms with Gasteiger partial charge in [0.1, 0.15) is 5.54 Å². The fourth-order valence-corrected chi connectivity index (χ4v) is 2.63. The smallest absolute Gasteiger partial charge is 0.329 e. The van der Waals surface area contributed by atoms with Crippen LogP contribution in [0.25, 0.3) is 0 Å². The lowest BCUT2D eigenvalue weighted by molar-refractivity contribution is -0.147. The van der Waals surface area contributed by atoms with Crippen molar-refractivity contribution in [1.82, 2.24) is 10.2 Å². The van der Waals surface area contributed by atoms with Gasteiger partial charge < -0.3 is 15.3 Å². The van der Waals surface area contributed by atoms with E-state index in [1.807, 2.05) is 0 Å². The van der Waals surface area contributed by atoms with Gasteiger partial charge in [-0.3, -0.25) is 0 Å². The molecule has 1 aliphatic carbocycles. The molecule has 19 heavy (non-hydrogen) atoms. The highest BCUT2D eigenvalue weighted by Gasteiger charge is 2.36. The lowest BCUT2D eigenvalue weighted by Gasteiger charge is -2.34. The maximum atomic E-state index is 12.1. The number of rotatable bonds is 5. The highest BCUT2D eigenvalue weighted by molar-refractivity contribution is 5.85. The Morgan fingerprint density at radius 3 is 2.32 bits per heavy atom. The maximum absolute atomic E-state index is 12.1. The third-order valence-corrected chi connectivity index (χ3v) is 4.03. The SMILES string of the molecule is CCN(C(=O)NCC1CCCCC1)C(C)(C)C(=O)O. The minimum atomic E-state index is -1.18. The molecule has 0 spiro atoms. The molecule has 0 unspecified atom stereocenters. The third kappa shape index (κ3) is 4.11. The van der Waals surface area contributed by atoms with E-state index in [9.17, 15) is 14.7 Å². The summed E-state index contributed by atoms with van der Waals surface area (Å²) in [6, 6.07) is -0.277. The molecule has 0 radical (unpaired) electrons. The summed E-state index contributed by atoms with van der Waals surface area (Å²) >= 11 is 0. The first-order valence-electron chi connectivity index (χ1n) is 7.18. The number of nitrogens with zero attached hydrogens (tertiary/aromatic N) is 1. The Morgan fingerprint density at radius 1 is 1.26 bits per heavy atom. The van der Waals surface area contributed by atoms with Gasteiger partial charge in [-0.2, -0.15) is 0 Å². The molecule has 1 saturated carbocycles. The van der Waals surface area contributed by atoms with Crippen LogP contribution in [0.5, 0.6) is 0 Å². The van der Waals surface area contributed by atoms with Crippen molar-refractivity contribution in [3.63, 3.8) is 0 Å². The second-order valence-electron chi connectivity index (χ2n) is 5.80. The molecule has 0 aromatic carbocycles. The first-order chi connectivity index (χ1) is 8.89. The van der Waals surface area contributed by atoms with E-state index >= 15 is 0 Å². The van der Waals surface area contributed by atoms with E-state index in [1.54, 1.807) is 20.8 Å². The molecular formula is C14H26N2O3. The zero-order chi connectivity index (χ0) is 14.5. The van der Waals surface area contributed by atoms with Crippen molar-refractivity contribution < 1.29 is 14.7 Å². The number of nitrogens with one attached hydrogen (secondary N) is 1. The van der Waals surface area contributed by atoms with E-state index in [4.69, 9.17) is 0 Å². The Balaban J connectivity index is 2.52. The van der Waals surface area contributed by atoms with Crippen LogP contribution in [0, 0.1) is 5.92 Å². The number of carboxylic acids is 1. The lowest BCUT2D eigenvalue weighted by atomic mass is 9.89. The van der Waals surface area contributed by atoms with Gasteiger partial charge in [-0.05, 0) is 39.5 Å². The third-order valence-electron chi connectivity index (χ3n) is 4.03. The first-order valence-corrected chi connectivity index (χ1v) is 7.18. The van der Waals surface area contributed by atoms with Gasteiger partial charge in [0.15, 0.2) is 0 Å². The van der Waals surface area contributed by atoms with Crippen LogP contribution in [0.15, 0.2) is 0 Å². The quantitative estimate of drug-likeness (QED) is 0.806. The summed E-state index contributed by atoms with van der Waals surface area (Å²) in [6.45, 7) is 5.95. The van der Waals surface area contributed by atoms with E-state index in [1.165, 1.54) is 24.2 Å². The van der Waals surface area contributed by atoms with Gasteiger partial charge in [0.2, 0.25) is 0 Å². The Hall–Kier alpha value is -1.26.